The van der Waals surface area contributed by atoms with Crippen LogP contribution in [0.3, 0.4) is 0 Å². The molecule has 4 rings (SSSR count). The fourth-order valence-electron chi connectivity index (χ4n) is 4.60. The van der Waals surface area contributed by atoms with Gasteiger partial charge in [0.25, 0.3) is 0 Å². The summed E-state index contributed by atoms with van der Waals surface area (Å²) in [6, 6.07) is 6.58. The molecular weight excluding hydrogens is 547 g/mol. The number of amides is 1. The highest BCUT2D eigenvalue weighted by atomic mass is 32.2. The standard InChI is InChI=1S/C26H33N3O6S3/c1-3-35-25(31)23-20-10-4-17(2)16-21(20)37-24(23)28-26(36)27-22(30)11-7-18-5-8-19(9-6-18)38(32,33)29-12-14-34-15-13-29/h5-6,8-9,17H,3-4,7,10-16H2,1-2H3,(H2,27,28,30,36)/t17-/m1/s1. The number of thiophene rings is 1. The maximum Gasteiger partial charge on any atom is 0.341 e. The summed E-state index contributed by atoms with van der Waals surface area (Å²) < 4.78 is 37.5. The lowest BCUT2D eigenvalue weighted by Crippen LogP contribution is -2.40. The highest BCUT2D eigenvalue weighted by Gasteiger charge is 2.29. The van der Waals surface area contributed by atoms with Crippen LogP contribution in [0.2, 0.25) is 0 Å². The van der Waals surface area contributed by atoms with E-state index < -0.39 is 10.0 Å². The lowest BCUT2D eigenvalue weighted by atomic mass is 9.88. The smallest absolute Gasteiger partial charge is 0.341 e. The highest BCUT2D eigenvalue weighted by Crippen LogP contribution is 2.40. The van der Waals surface area contributed by atoms with Gasteiger partial charge in [0.1, 0.15) is 5.00 Å². The van der Waals surface area contributed by atoms with Crippen molar-refractivity contribution in [1.82, 2.24) is 9.62 Å². The molecule has 9 nitrogen and oxygen atoms in total. The predicted molar refractivity (Wildman–Crippen MR) is 150 cm³/mol. The number of carbonyl (C=O) groups is 2. The van der Waals surface area contributed by atoms with Crippen LogP contribution in [0.1, 0.15) is 53.1 Å². The van der Waals surface area contributed by atoms with Gasteiger partial charge in [-0.05, 0) is 74.0 Å². The summed E-state index contributed by atoms with van der Waals surface area (Å²) in [5.41, 5.74) is 2.37. The number of sulfonamides is 1. The average Bonchev–Trinajstić information content (AvgIpc) is 3.25. The van der Waals surface area contributed by atoms with E-state index in [4.69, 9.17) is 21.7 Å². The van der Waals surface area contributed by atoms with E-state index in [0.29, 0.717) is 49.2 Å². The van der Waals surface area contributed by atoms with Crippen LogP contribution in [0.5, 0.6) is 0 Å². The van der Waals surface area contributed by atoms with E-state index in [0.717, 1.165) is 35.3 Å². The van der Waals surface area contributed by atoms with E-state index in [2.05, 4.69) is 17.6 Å². The molecular formula is C26H33N3O6S3. The lowest BCUT2D eigenvalue weighted by Gasteiger charge is -2.26. The molecule has 1 aliphatic heterocycles. The van der Waals surface area contributed by atoms with Crippen molar-refractivity contribution in [3.05, 3.63) is 45.8 Å². The topological polar surface area (TPSA) is 114 Å². The minimum Gasteiger partial charge on any atom is -0.462 e. The van der Waals surface area contributed by atoms with Gasteiger partial charge in [0.2, 0.25) is 15.9 Å². The Morgan fingerprint density at radius 3 is 2.61 bits per heavy atom. The number of esters is 1. The number of carbonyl (C=O) groups excluding carboxylic acids is 2. The van der Waals surface area contributed by atoms with Crippen molar-refractivity contribution in [1.29, 1.82) is 0 Å². The Kier molecular flexibility index (Phi) is 9.53. The summed E-state index contributed by atoms with van der Waals surface area (Å²) in [7, 11) is -3.56. The Hall–Kier alpha value is -2.38. The number of nitrogens with zero attached hydrogens (tertiary/aromatic N) is 1. The Bertz CT molecular complexity index is 1280. The van der Waals surface area contributed by atoms with Gasteiger partial charge >= 0.3 is 5.97 Å². The monoisotopic (exact) mass is 579 g/mol. The van der Waals surface area contributed by atoms with Gasteiger partial charge in [-0.2, -0.15) is 4.31 Å². The number of benzene rings is 1. The molecule has 2 heterocycles. The largest absolute Gasteiger partial charge is 0.462 e. The van der Waals surface area contributed by atoms with Crippen LogP contribution in [0.4, 0.5) is 5.00 Å². The number of ether oxygens (including phenoxy) is 2. The van der Waals surface area contributed by atoms with Crippen LogP contribution in [0, 0.1) is 5.92 Å². The second-order valence-corrected chi connectivity index (χ2v) is 12.9. The van der Waals surface area contributed by atoms with Crippen molar-refractivity contribution < 1.29 is 27.5 Å². The summed E-state index contributed by atoms with van der Waals surface area (Å²) in [6.07, 6.45) is 3.32. The van der Waals surface area contributed by atoms with E-state index in [-0.39, 0.29) is 34.9 Å². The van der Waals surface area contributed by atoms with Crippen LogP contribution in [-0.4, -0.2) is 62.6 Å². The number of rotatable bonds is 8. The zero-order valence-corrected chi connectivity index (χ0v) is 24.0. The molecule has 2 aliphatic rings. The first-order valence-corrected chi connectivity index (χ1v) is 15.4. The molecule has 1 saturated heterocycles. The third-order valence-corrected chi connectivity index (χ3v) is 9.93. The predicted octanol–water partition coefficient (Wildman–Crippen LogP) is 3.52. The molecule has 1 atom stereocenters. The Balaban J connectivity index is 1.33. The molecule has 2 N–H and O–H groups in total. The van der Waals surface area contributed by atoms with Crippen molar-refractivity contribution >= 4 is 55.6 Å². The molecule has 1 aromatic heterocycles. The van der Waals surface area contributed by atoms with Crippen LogP contribution in [-0.2, 0) is 43.6 Å². The highest BCUT2D eigenvalue weighted by molar-refractivity contribution is 7.89. The zero-order chi connectivity index (χ0) is 27.3. The van der Waals surface area contributed by atoms with Crippen molar-refractivity contribution in [2.45, 2.75) is 50.8 Å². The number of morpholine rings is 1. The molecule has 12 heteroatoms. The van der Waals surface area contributed by atoms with E-state index in [1.54, 1.807) is 31.2 Å². The zero-order valence-electron chi connectivity index (χ0n) is 21.6. The maximum absolute atomic E-state index is 12.8. The third-order valence-electron chi connectivity index (χ3n) is 6.64. The van der Waals surface area contributed by atoms with Crippen molar-refractivity contribution in [3.63, 3.8) is 0 Å². The molecule has 0 saturated carbocycles. The summed E-state index contributed by atoms with van der Waals surface area (Å²) in [5.74, 6) is -0.111. The second kappa shape index (κ2) is 12.6. The van der Waals surface area contributed by atoms with Gasteiger partial charge in [0.05, 0.1) is 30.3 Å². The van der Waals surface area contributed by atoms with Crippen molar-refractivity contribution in [2.75, 3.05) is 38.2 Å². The quantitative estimate of drug-likeness (QED) is 0.361. The Morgan fingerprint density at radius 1 is 1.21 bits per heavy atom. The van der Waals surface area contributed by atoms with Gasteiger partial charge in [-0.25, -0.2) is 13.2 Å². The average molecular weight is 580 g/mol. The molecule has 206 valence electrons. The van der Waals surface area contributed by atoms with E-state index in [1.165, 1.54) is 15.6 Å². The number of anilines is 1. The molecule has 38 heavy (non-hydrogen) atoms. The summed E-state index contributed by atoms with van der Waals surface area (Å²) in [6.45, 7) is 5.71. The number of fused-ring (bicyclic) bond motifs is 1. The first-order valence-electron chi connectivity index (χ1n) is 12.8. The second-order valence-electron chi connectivity index (χ2n) is 9.44. The molecule has 0 bridgehead atoms. The lowest BCUT2D eigenvalue weighted by molar-refractivity contribution is -0.119. The van der Waals surface area contributed by atoms with E-state index in [9.17, 15) is 18.0 Å². The van der Waals surface area contributed by atoms with Gasteiger partial charge in [-0.15, -0.1) is 11.3 Å². The number of aryl methyl sites for hydroxylation is 1. The molecule has 0 spiro atoms. The number of thiocarbonyl (C=S) groups is 1. The van der Waals surface area contributed by atoms with Gasteiger partial charge in [-0.3, -0.25) is 4.79 Å². The number of hydrogen-bond acceptors (Lipinski definition) is 8. The Labute approximate surface area is 232 Å². The van der Waals surface area contributed by atoms with Gasteiger partial charge in [0.15, 0.2) is 5.11 Å². The molecule has 0 radical (unpaired) electrons. The molecule has 1 amide bonds. The van der Waals surface area contributed by atoms with Gasteiger partial charge in [-0.1, -0.05) is 19.1 Å². The fourth-order valence-corrected chi connectivity index (χ4v) is 7.70. The summed E-state index contributed by atoms with van der Waals surface area (Å²) in [5, 5.41) is 6.46. The maximum atomic E-state index is 12.8. The van der Waals surface area contributed by atoms with Crippen molar-refractivity contribution in [3.8, 4) is 0 Å². The minimum absolute atomic E-state index is 0.124. The summed E-state index contributed by atoms with van der Waals surface area (Å²) in [4.78, 5) is 26.6. The molecule has 2 aromatic rings. The van der Waals surface area contributed by atoms with Crippen LogP contribution < -0.4 is 10.6 Å². The molecule has 1 fully saturated rings. The molecule has 1 aromatic carbocycles. The van der Waals surface area contributed by atoms with Gasteiger partial charge < -0.3 is 20.1 Å². The van der Waals surface area contributed by atoms with E-state index in [1.807, 2.05) is 0 Å². The third kappa shape index (κ3) is 6.78. The van der Waals surface area contributed by atoms with Crippen LogP contribution in [0.25, 0.3) is 0 Å². The number of hydrogen-bond donors (Lipinski definition) is 2. The minimum atomic E-state index is -3.56. The van der Waals surface area contributed by atoms with Crippen LogP contribution in [0.15, 0.2) is 29.2 Å². The summed E-state index contributed by atoms with van der Waals surface area (Å²) >= 11 is 6.86. The normalized spacial score (nSPS) is 17.9. The number of nitrogens with one attached hydrogen (secondary N) is 2. The Morgan fingerprint density at radius 2 is 1.92 bits per heavy atom. The van der Waals surface area contributed by atoms with Crippen LogP contribution >= 0.6 is 23.6 Å². The van der Waals surface area contributed by atoms with E-state index >= 15 is 0 Å². The molecule has 0 unspecified atom stereocenters. The van der Waals surface area contributed by atoms with Gasteiger partial charge in [0, 0.05) is 24.4 Å². The fraction of sp³-hybridized carbons (Fsp3) is 0.500. The molecule has 1 aliphatic carbocycles. The first-order chi connectivity index (χ1) is 18.2. The van der Waals surface area contributed by atoms with Crippen molar-refractivity contribution in [2.24, 2.45) is 5.92 Å². The SMILES string of the molecule is CCOC(=O)c1c(NC(=S)NC(=O)CCc2ccc(S(=O)(=O)N3CCOCC3)cc2)sc2c1CC[C@@H](C)C2. The first kappa shape index (κ1) is 28.6.